The van der Waals surface area contributed by atoms with Gasteiger partial charge in [0.15, 0.2) is 0 Å². The lowest BCUT2D eigenvalue weighted by Crippen LogP contribution is -2.53. The summed E-state index contributed by atoms with van der Waals surface area (Å²) in [4.78, 5) is 10.8. The molecule has 0 heterocycles. The number of carbonyl (C=O) groups is 1. The number of aliphatic hydroxyl groups is 3. The molecule has 0 saturated carbocycles. The van der Waals surface area contributed by atoms with Gasteiger partial charge in [-0.3, -0.25) is 0 Å². The van der Waals surface area contributed by atoms with Crippen LogP contribution in [0, 0.1) is 5.41 Å². The Morgan fingerprint density at radius 3 is 1.40 bits per heavy atom. The summed E-state index contributed by atoms with van der Waals surface area (Å²) in [6.07, 6.45) is -3.66. The second-order valence-corrected chi connectivity index (χ2v) is 3.74. The average molecular weight is 218 g/mol. The number of aliphatic carboxylic acids is 1. The molecule has 0 amide bonds. The van der Waals surface area contributed by atoms with Crippen molar-refractivity contribution < 1.29 is 25.2 Å². The third kappa shape index (κ3) is 2.19. The summed E-state index contributed by atoms with van der Waals surface area (Å²) in [6, 6.07) is 0. The standard InChI is InChI=1S/C10H18O5/c1-5(9(14)15)10(6(2)11,7(3)12)8(4)13/h6-8,11-13H,1H2,2-4H3,(H,14,15). The van der Waals surface area contributed by atoms with Gasteiger partial charge in [0.25, 0.3) is 0 Å². The summed E-state index contributed by atoms with van der Waals surface area (Å²) in [5.41, 5.74) is -2.05. The molecule has 5 nitrogen and oxygen atoms in total. The van der Waals surface area contributed by atoms with Crippen molar-refractivity contribution >= 4 is 5.97 Å². The Morgan fingerprint density at radius 1 is 1.07 bits per heavy atom. The summed E-state index contributed by atoms with van der Waals surface area (Å²) in [7, 11) is 0. The SMILES string of the molecule is C=C(C(=O)O)C(C(C)O)(C(C)O)C(C)O. The molecule has 15 heavy (non-hydrogen) atoms. The monoisotopic (exact) mass is 218 g/mol. The van der Waals surface area contributed by atoms with Gasteiger partial charge in [0.1, 0.15) is 0 Å². The molecule has 0 aromatic carbocycles. The van der Waals surface area contributed by atoms with Crippen LogP contribution in [0.5, 0.6) is 0 Å². The van der Waals surface area contributed by atoms with E-state index in [4.69, 9.17) is 5.11 Å². The molecule has 0 saturated heterocycles. The molecule has 0 spiro atoms. The van der Waals surface area contributed by atoms with Crippen LogP contribution in [0.3, 0.4) is 0 Å². The molecule has 0 aliphatic carbocycles. The van der Waals surface area contributed by atoms with Gasteiger partial charge in [0.2, 0.25) is 0 Å². The van der Waals surface area contributed by atoms with Crippen molar-refractivity contribution in [2.45, 2.75) is 39.1 Å². The quantitative estimate of drug-likeness (QED) is 0.477. The molecule has 3 unspecified atom stereocenters. The molecule has 0 aliphatic rings. The van der Waals surface area contributed by atoms with Crippen LogP contribution in [0.25, 0.3) is 0 Å². The molecule has 0 bridgehead atoms. The number of hydrogen-bond donors (Lipinski definition) is 4. The third-order valence-corrected chi connectivity index (χ3v) is 2.85. The van der Waals surface area contributed by atoms with Gasteiger partial charge in [-0.05, 0) is 20.8 Å². The maximum atomic E-state index is 10.8. The summed E-state index contributed by atoms with van der Waals surface area (Å²) in [5.74, 6) is -1.35. The Kier molecular flexibility index (Phi) is 4.45. The predicted octanol–water partition coefficient (Wildman–Crippen LogP) is -0.244. The topological polar surface area (TPSA) is 98.0 Å². The van der Waals surface area contributed by atoms with Crippen LogP contribution in [-0.4, -0.2) is 44.7 Å². The number of rotatable bonds is 5. The molecule has 0 fully saturated rings. The first-order chi connectivity index (χ1) is 6.68. The summed E-state index contributed by atoms with van der Waals surface area (Å²) in [5, 5.41) is 37.6. The van der Waals surface area contributed by atoms with Crippen LogP contribution in [0.4, 0.5) is 0 Å². The maximum absolute atomic E-state index is 10.8. The highest BCUT2D eigenvalue weighted by molar-refractivity contribution is 5.88. The molecule has 5 heteroatoms. The third-order valence-electron chi connectivity index (χ3n) is 2.85. The zero-order valence-corrected chi connectivity index (χ0v) is 9.14. The van der Waals surface area contributed by atoms with Crippen molar-refractivity contribution in [2.24, 2.45) is 5.41 Å². The van der Waals surface area contributed by atoms with E-state index in [1.165, 1.54) is 20.8 Å². The van der Waals surface area contributed by atoms with Crippen molar-refractivity contribution in [3.8, 4) is 0 Å². The molecule has 0 rings (SSSR count). The van der Waals surface area contributed by atoms with Crippen molar-refractivity contribution in [2.75, 3.05) is 0 Å². The van der Waals surface area contributed by atoms with E-state index in [9.17, 15) is 20.1 Å². The number of aliphatic hydroxyl groups excluding tert-OH is 3. The van der Waals surface area contributed by atoms with E-state index in [1.54, 1.807) is 0 Å². The average Bonchev–Trinajstić information content (AvgIpc) is 2.02. The van der Waals surface area contributed by atoms with Gasteiger partial charge in [0.05, 0.1) is 23.7 Å². The van der Waals surface area contributed by atoms with Crippen molar-refractivity contribution in [1.29, 1.82) is 0 Å². The van der Waals surface area contributed by atoms with Gasteiger partial charge < -0.3 is 20.4 Å². The van der Waals surface area contributed by atoms with E-state index in [-0.39, 0.29) is 0 Å². The summed E-state index contributed by atoms with van der Waals surface area (Å²) < 4.78 is 0. The minimum absolute atomic E-state index is 0.400. The van der Waals surface area contributed by atoms with Crippen LogP contribution in [0.1, 0.15) is 20.8 Å². The fourth-order valence-corrected chi connectivity index (χ4v) is 1.99. The van der Waals surface area contributed by atoms with Crippen LogP contribution in [0.2, 0.25) is 0 Å². The van der Waals surface area contributed by atoms with Gasteiger partial charge >= 0.3 is 5.97 Å². The minimum atomic E-state index is -1.65. The smallest absolute Gasteiger partial charge is 0.331 e. The van der Waals surface area contributed by atoms with E-state index in [1.807, 2.05) is 0 Å². The Bertz CT molecular complexity index is 233. The largest absolute Gasteiger partial charge is 0.478 e. The molecule has 0 radical (unpaired) electrons. The Labute approximate surface area is 88.7 Å². The first kappa shape index (κ1) is 14.1. The van der Waals surface area contributed by atoms with E-state index in [2.05, 4.69) is 6.58 Å². The Balaban J connectivity index is 5.53. The van der Waals surface area contributed by atoms with Crippen LogP contribution < -0.4 is 0 Å². The van der Waals surface area contributed by atoms with Crippen LogP contribution in [0.15, 0.2) is 12.2 Å². The lowest BCUT2D eigenvalue weighted by atomic mass is 9.68. The van der Waals surface area contributed by atoms with Gasteiger partial charge in [-0.15, -0.1) is 0 Å². The van der Waals surface area contributed by atoms with Crippen molar-refractivity contribution in [1.82, 2.24) is 0 Å². The zero-order chi connectivity index (χ0) is 12.4. The molecule has 3 atom stereocenters. The first-order valence-corrected chi connectivity index (χ1v) is 4.65. The second kappa shape index (κ2) is 4.74. The molecule has 0 aliphatic heterocycles. The molecular formula is C10H18O5. The minimum Gasteiger partial charge on any atom is -0.478 e. The van der Waals surface area contributed by atoms with E-state index in [0.717, 1.165) is 0 Å². The highest BCUT2D eigenvalue weighted by Crippen LogP contribution is 2.38. The summed E-state index contributed by atoms with van der Waals surface area (Å²) >= 11 is 0. The van der Waals surface area contributed by atoms with Crippen molar-refractivity contribution in [3.63, 3.8) is 0 Å². The fourth-order valence-electron chi connectivity index (χ4n) is 1.99. The van der Waals surface area contributed by atoms with Crippen LogP contribution >= 0.6 is 0 Å². The molecule has 0 aromatic heterocycles. The molecule has 88 valence electrons. The van der Waals surface area contributed by atoms with E-state index >= 15 is 0 Å². The van der Waals surface area contributed by atoms with Gasteiger partial charge in [-0.25, -0.2) is 4.79 Å². The van der Waals surface area contributed by atoms with Crippen LogP contribution in [-0.2, 0) is 4.79 Å². The normalized spacial score (nSPS) is 21.2. The molecule has 4 N–H and O–H groups in total. The van der Waals surface area contributed by atoms with E-state index in [0.29, 0.717) is 0 Å². The van der Waals surface area contributed by atoms with Gasteiger partial charge in [-0.1, -0.05) is 6.58 Å². The Hall–Kier alpha value is -0.910. The summed E-state index contributed by atoms with van der Waals surface area (Å²) in [6.45, 7) is 7.25. The van der Waals surface area contributed by atoms with Crippen molar-refractivity contribution in [3.05, 3.63) is 12.2 Å². The highest BCUT2D eigenvalue weighted by Gasteiger charge is 2.49. The zero-order valence-electron chi connectivity index (χ0n) is 9.14. The lowest BCUT2D eigenvalue weighted by Gasteiger charge is -2.41. The lowest BCUT2D eigenvalue weighted by molar-refractivity contribution is -0.143. The molecular weight excluding hydrogens is 200 g/mol. The maximum Gasteiger partial charge on any atom is 0.331 e. The van der Waals surface area contributed by atoms with E-state index < -0.39 is 35.3 Å². The number of hydrogen-bond acceptors (Lipinski definition) is 4. The first-order valence-electron chi connectivity index (χ1n) is 4.65. The number of carboxylic acid groups (broad SMARTS) is 1. The van der Waals surface area contributed by atoms with Gasteiger partial charge in [0, 0.05) is 5.57 Å². The fraction of sp³-hybridized carbons (Fsp3) is 0.700. The van der Waals surface area contributed by atoms with Gasteiger partial charge in [-0.2, -0.15) is 0 Å². The second-order valence-electron chi connectivity index (χ2n) is 3.74. The molecule has 0 aromatic rings. The Morgan fingerprint density at radius 2 is 1.33 bits per heavy atom. The predicted molar refractivity (Wildman–Crippen MR) is 54.3 cm³/mol. The highest BCUT2D eigenvalue weighted by atomic mass is 16.4. The number of carboxylic acids is 1.